The van der Waals surface area contributed by atoms with Gasteiger partial charge < -0.3 is 19.8 Å². The predicted molar refractivity (Wildman–Crippen MR) is 120 cm³/mol. The first kappa shape index (κ1) is 20.8. The summed E-state index contributed by atoms with van der Waals surface area (Å²) in [5, 5.41) is 21.3. The van der Waals surface area contributed by atoms with E-state index >= 15 is 0 Å². The van der Waals surface area contributed by atoms with Crippen LogP contribution in [0.5, 0.6) is 11.5 Å². The lowest BCUT2D eigenvalue weighted by atomic mass is 9.94. The van der Waals surface area contributed by atoms with Crippen molar-refractivity contribution in [2.24, 2.45) is 0 Å². The minimum absolute atomic E-state index is 0.00290. The second-order valence-electron chi connectivity index (χ2n) is 8.34. The van der Waals surface area contributed by atoms with Crippen molar-refractivity contribution in [3.8, 4) is 11.5 Å². The molecule has 7 heteroatoms. The fourth-order valence-corrected chi connectivity index (χ4v) is 4.50. The number of Topliss-reactive ketones (excluding diaryl/α,β-unsaturated/α-hetero) is 1. The van der Waals surface area contributed by atoms with Gasteiger partial charge in [-0.25, -0.2) is 0 Å². The van der Waals surface area contributed by atoms with E-state index in [9.17, 15) is 19.8 Å². The highest BCUT2D eigenvalue weighted by Crippen LogP contribution is 2.41. The van der Waals surface area contributed by atoms with Crippen LogP contribution < -0.4 is 4.74 Å². The number of ether oxygens (including phenoxy) is 1. The normalized spacial score (nSPS) is 21.2. The molecule has 2 atom stereocenters. The molecule has 0 saturated carbocycles. The number of aromatic nitrogens is 1. The average Bonchev–Trinajstić information content (AvgIpc) is 3.30. The van der Waals surface area contributed by atoms with Crippen LogP contribution in [0.25, 0.3) is 5.76 Å². The summed E-state index contributed by atoms with van der Waals surface area (Å²) in [6.45, 7) is 2.09. The first-order valence-corrected chi connectivity index (χ1v) is 10.7. The zero-order chi connectivity index (χ0) is 23.1. The van der Waals surface area contributed by atoms with Crippen molar-refractivity contribution in [2.75, 3.05) is 0 Å². The van der Waals surface area contributed by atoms with Gasteiger partial charge in [0.05, 0.1) is 11.6 Å². The summed E-state index contributed by atoms with van der Waals surface area (Å²) in [6.07, 6.45) is 3.99. The number of carbonyl (C=O) groups excluding carboxylic acids is 2. The van der Waals surface area contributed by atoms with Gasteiger partial charge in [0.25, 0.3) is 11.7 Å². The third-order valence-corrected chi connectivity index (χ3v) is 5.97. The molecule has 5 rings (SSSR count). The molecule has 2 N–H and O–H groups in total. The molecule has 166 valence electrons. The first-order chi connectivity index (χ1) is 15.9. The van der Waals surface area contributed by atoms with E-state index in [0.717, 1.165) is 16.9 Å². The Balaban J connectivity index is 1.64. The second-order valence-corrected chi connectivity index (χ2v) is 8.34. The van der Waals surface area contributed by atoms with E-state index in [4.69, 9.17) is 4.74 Å². The molecule has 1 fully saturated rings. The molecule has 0 unspecified atom stereocenters. The fourth-order valence-electron chi connectivity index (χ4n) is 4.50. The minimum atomic E-state index is -0.860. The Hall–Kier alpha value is -4.13. The van der Waals surface area contributed by atoms with Crippen LogP contribution in [0.3, 0.4) is 0 Å². The van der Waals surface area contributed by atoms with Crippen molar-refractivity contribution in [1.82, 2.24) is 9.88 Å². The molecule has 0 spiro atoms. The van der Waals surface area contributed by atoms with Crippen LogP contribution in [0, 0.1) is 0 Å². The molecule has 7 nitrogen and oxygen atoms in total. The number of carbonyl (C=O) groups is 2. The van der Waals surface area contributed by atoms with Gasteiger partial charge in [-0.1, -0.05) is 18.2 Å². The van der Waals surface area contributed by atoms with Crippen molar-refractivity contribution >= 4 is 17.4 Å². The van der Waals surface area contributed by atoms with Crippen LogP contribution in [-0.2, 0) is 22.6 Å². The van der Waals surface area contributed by atoms with Crippen LogP contribution >= 0.6 is 0 Å². The van der Waals surface area contributed by atoms with Crippen molar-refractivity contribution in [3.63, 3.8) is 0 Å². The van der Waals surface area contributed by atoms with E-state index < -0.39 is 17.7 Å². The summed E-state index contributed by atoms with van der Waals surface area (Å²) < 4.78 is 5.73. The summed E-state index contributed by atoms with van der Waals surface area (Å²) in [5.41, 5.74) is 2.63. The van der Waals surface area contributed by atoms with Crippen molar-refractivity contribution in [3.05, 3.63) is 94.8 Å². The standard InChI is InChI=1S/C26H22N2O5/c1-15-10-19-11-18(7-8-21(19)33-15)24(30)22-23(17-5-2-6-20(29)12-17)28(26(32)25(22)31)14-16-4-3-9-27-13-16/h2-9,11-13,15,23,29-30H,10,14H2,1H3/b24-22+/t15-,23-/m1/s1. The molecule has 3 heterocycles. The van der Waals surface area contributed by atoms with Gasteiger partial charge in [-0.05, 0) is 60.0 Å². The largest absolute Gasteiger partial charge is 0.508 e. The van der Waals surface area contributed by atoms with E-state index in [-0.39, 0.29) is 29.7 Å². The molecule has 2 aliphatic rings. The van der Waals surface area contributed by atoms with Crippen molar-refractivity contribution in [2.45, 2.75) is 32.0 Å². The summed E-state index contributed by atoms with van der Waals surface area (Å²) >= 11 is 0. The fraction of sp³-hybridized carbons (Fsp3) is 0.192. The highest BCUT2D eigenvalue weighted by atomic mass is 16.5. The number of ketones is 1. The summed E-state index contributed by atoms with van der Waals surface area (Å²) in [5.74, 6) is -0.983. The third kappa shape index (κ3) is 3.71. The minimum Gasteiger partial charge on any atom is -0.508 e. The number of phenols is 1. The average molecular weight is 442 g/mol. The topological polar surface area (TPSA) is 100.0 Å². The number of benzene rings is 2. The molecule has 0 bridgehead atoms. The van der Waals surface area contributed by atoms with E-state index in [0.29, 0.717) is 17.5 Å². The van der Waals surface area contributed by atoms with Gasteiger partial charge in [0.1, 0.15) is 23.4 Å². The summed E-state index contributed by atoms with van der Waals surface area (Å²) in [7, 11) is 0. The van der Waals surface area contributed by atoms with Gasteiger partial charge in [0, 0.05) is 30.9 Å². The van der Waals surface area contributed by atoms with Crippen LogP contribution in [0.1, 0.15) is 35.2 Å². The highest BCUT2D eigenvalue weighted by Gasteiger charge is 2.46. The molecule has 2 aromatic carbocycles. The lowest BCUT2D eigenvalue weighted by Gasteiger charge is -2.25. The van der Waals surface area contributed by atoms with Crippen LogP contribution in [0.2, 0.25) is 0 Å². The number of aromatic hydroxyl groups is 1. The van der Waals surface area contributed by atoms with Crippen LogP contribution in [0.4, 0.5) is 0 Å². The van der Waals surface area contributed by atoms with E-state index in [2.05, 4.69) is 4.98 Å². The lowest BCUT2D eigenvalue weighted by Crippen LogP contribution is -2.29. The number of amides is 1. The Morgan fingerprint density at radius 2 is 2.00 bits per heavy atom. The molecular formula is C26H22N2O5. The molecule has 1 amide bonds. The number of likely N-dealkylation sites (tertiary alicyclic amines) is 1. The van der Waals surface area contributed by atoms with Crippen LogP contribution in [-0.4, -0.2) is 37.9 Å². The van der Waals surface area contributed by atoms with Gasteiger partial charge >= 0.3 is 0 Å². The quantitative estimate of drug-likeness (QED) is 0.363. The number of hydrogen-bond acceptors (Lipinski definition) is 6. The number of rotatable bonds is 4. The Labute approximate surface area is 190 Å². The van der Waals surface area contributed by atoms with Gasteiger partial charge in [0.15, 0.2) is 0 Å². The van der Waals surface area contributed by atoms with Gasteiger partial charge in [-0.3, -0.25) is 14.6 Å². The maximum Gasteiger partial charge on any atom is 0.295 e. The van der Waals surface area contributed by atoms with Crippen molar-refractivity contribution in [1.29, 1.82) is 0 Å². The molecule has 1 aromatic heterocycles. The number of pyridine rings is 1. The number of hydrogen-bond donors (Lipinski definition) is 2. The predicted octanol–water partition coefficient (Wildman–Crippen LogP) is 3.73. The summed E-state index contributed by atoms with van der Waals surface area (Å²) in [6, 6.07) is 14.3. The first-order valence-electron chi connectivity index (χ1n) is 10.7. The number of aliphatic hydroxyl groups is 1. The summed E-state index contributed by atoms with van der Waals surface area (Å²) in [4.78, 5) is 31.7. The molecule has 1 saturated heterocycles. The Bertz CT molecular complexity index is 1280. The monoisotopic (exact) mass is 442 g/mol. The van der Waals surface area contributed by atoms with Crippen molar-refractivity contribution < 1.29 is 24.5 Å². The molecule has 2 aliphatic heterocycles. The third-order valence-electron chi connectivity index (χ3n) is 5.97. The van der Waals surface area contributed by atoms with Crippen LogP contribution in [0.15, 0.2) is 72.6 Å². The van der Waals surface area contributed by atoms with Gasteiger partial charge in [-0.15, -0.1) is 0 Å². The molecular weight excluding hydrogens is 420 g/mol. The molecule has 0 radical (unpaired) electrons. The molecule has 33 heavy (non-hydrogen) atoms. The van der Waals surface area contributed by atoms with E-state index in [1.54, 1.807) is 48.8 Å². The second kappa shape index (κ2) is 8.09. The van der Waals surface area contributed by atoms with Gasteiger partial charge in [-0.2, -0.15) is 0 Å². The number of fused-ring (bicyclic) bond motifs is 1. The number of phenolic OH excluding ortho intramolecular Hbond substituents is 1. The maximum absolute atomic E-state index is 13.2. The highest BCUT2D eigenvalue weighted by molar-refractivity contribution is 6.46. The van der Waals surface area contributed by atoms with E-state index in [1.165, 1.54) is 17.0 Å². The Morgan fingerprint density at radius 3 is 2.76 bits per heavy atom. The smallest absolute Gasteiger partial charge is 0.295 e. The van der Waals surface area contributed by atoms with E-state index in [1.807, 2.05) is 13.0 Å². The maximum atomic E-state index is 13.2. The Kier molecular flexibility index (Phi) is 5.09. The molecule has 3 aromatic rings. The number of nitrogens with zero attached hydrogens (tertiary/aromatic N) is 2. The number of aliphatic hydroxyl groups excluding tert-OH is 1. The zero-order valence-corrected chi connectivity index (χ0v) is 17.9. The zero-order valence-electron chi connectivity index (χ0n) is 17.9. The lowest BCUT2D eigenvalue weighted by molar-refractivity contribution is -0.140. The van der Waals surface area contributed by atoms with Gasteiger partial charge in [0.2, 0.25) is 0 Å². The molecule has 0 aliphatic carbocycles. The Morgan fingerprint density at radius 1 is 1.15 bits per heavy atom. The SMILES string of the molecule is C[C@@H]1Cc2cc(/C(O)=C3\C(=O)C(=O)N(Cc4cccnc4)[C@@H]3c3cccc(O)c3)ccc2O1.